The van der Waals surface area contributed by atoms with Crippen molar-refractivity contribution in [1.82, 2.24) is 15.3 Å². The molecule has 3 heterocycles. The van der Waals surface area contributed by atoms with Gasteiger partial charge in [0.15, 0.2) is 11.5 Å². The zero-order valence-electron chi connectivity index (χ0n) is 11.1. The predicted molar refractivity (Wildman–Crippen MR) is 72.7 cm³/mol. The van der Waals surface area contributed by atoms with Crippen molar-refractivity contribution in [2.45, 2.75) is 25.7 Å². The monoisotopic (exact) mass is 257 g/mol. The van der Waals surface area contributed by atoms with E-state index in [9.17, 15) is 0 Å². The molecule has 100 valence electrons. The first-order chi connectivity index (χ1) is 9.33. The van der Waals surface area contributed by atoms with E-state index >= 15 is 0 Å². The molecule has 2 aliphatic rings. The van der Waals surface area contributed by atoms with Gasteiger partial charge in [-0.2, -0.15) is 5.26 Å². The first kappa shape index (κ1) is 12.4. The second-order valence-corrected chi connectivity index (χ2v) is 5.65. The summed E-state index contributed by atoms with van der Waals surface area (Å²) in [4.78, 5) is 10.7. The molecule has 1 aromatic heterocycles. The Balaban J connectivity index is 1.83. The Bertz CT molecular complexity index is 481. The number of anilines is 1. The number of aromatic nitrogens is 2. The third-order valence-electron chi connectivity index (χ3n) is 4.31. The molecule has 0 radical (unpaired) electrons. The van der Waals surface area contributed by atoms with E-state index in [4.69, 9.17) is 5.26 Å². The maximum absolute atomic E-state index is 9.16. The molecule has 3 rings (SSSR count). The third kappa shape index (κ3) is 2.41. The highest BCUT2D eigenvalue weighted by Crippen LogP contribution is 2.37. The fourth-order valence-electron chi connectivity index (χ4n) is 3.41. The molecule has 2 saturated heterocycles. The minimum Gasteiger partial charge on any atom is -0.354 e. The van der Waals surface area contributed by atoms with Gasteiger partial charge in [-0.25, -0.2) is 9.97 Å². The first-order valence-corrected chi connectivity index (χ1v) is 7.00. The van der Waals surface area contributed by atoms with Crippen molar-refractivity contribution in [2.24, 2.45) is 5.41 Å². The molecule has 1 aromatic rings. The Morgan fingerprint density at radius 3 is 2.89 bits per heavy atom. The van der Waals surface area contributed by atoms with Gasteiger partial charge in [0, 0.05) is 37.4 Å². The summed E-state index contributed by atoms with van der Waals surface area (Å²) in [6, 6.07) is 2.15. The average Bonchev–Trinajstić information content (AvgIpc) is 2.48. The fourth-order valence-corrected chi connectivity index (χ4v) is 3.41. The summed E-state index contributed by atoms with van der Waals surface area (Å²) in [5, 5.41) is 12.7. The molecule has 0 aromatic carbocycles. The van der Waals surface area contributed by atoms with Crippen LogP contribution in [0.5, 0.6) is 0 Å². The van der Waals surface area contributed by atoms with E-state index in [1.165, 1.54) is 25.7 Å². The summed E-state index contributed by atoms with van der Waals surface area (Å²) in [7, 11) is 0. The van der Waals surface area contributed by atoms with Gasteiger partial charge >= 0.3 is 0 Å². The van der Waals surface area contributed by atoms with E-state index in [2.05, 4.69) is 26.3 Å². The molecule has 2 fully saturated rings. The van der Waals surface area contributed by atoms with Crippen LogP contribution in [0.1, 0.15) is 31.4 Å². The topological polar surface area (TPSA) is 64.8 Å². The normalized spacial score (nSPS) is 27.2. The third-order valence-corrected chi connectivity index (χ3v) is 4.31. The molecular weight excluding hydrogens is 238 g/mol. The number of nitriles is 1. The number of piperidine rings is 2. The minimum absolute atomic E-state index is 0.362. The molecule has 19 heavy (non-hydrogen) atoms. The molecule has 2 aliphatic heterocycles. The van der Waals surface area contributed by atoms with Crippen LogP contribution in [0.3, 0.4) is 0 Å². The van der Waals surface area contributed by atoms with Gasteiger partial charge in [-0.3, -0.25) is 0 Å². The van der Waals surface area contributed by atoms with Crippen LogP contribution in [0.25, 0.3) is 0 Å². The lowest BCUT2D eigenvalue weighted by Crippen LogP contribution is -2.51. The van der Waals surface area contributed by atoms with E-state index in [-0.39, 0.29) is 0 Å². The summed E-state index contributed by atoms with van der Waals surface area (Å²) in [6.45, 7) is 4.20. The van der Waals surface area contributed by atoms with Crippen LogP contribution in [-0.2, 0) is 0 Å². The molecule has 1 N–H and O–H groups in total. The molecule has 1 spiro atoms. The zero-order valence-corrected chi connectivity index (χ0v) is 11.1. The van der Waals surface area contributed by atoms with Gasteiger partial charge in [-0.05, 0) is 32.2 Å². The molecule has 0 amide bonds. The maximum atomic E-state index is 9.16. The van der Waals surface area contributed by atoms with Crippen molar-refractivity contribution < 1.29 is 0 Å². The summed E-state index contributed by atoms with van der Waals surface area (Å²) < 4.78 is 0. The number of nitrogens with zero attached hydrogens (tertiary/aromatic N) is 4. The molecule has 5 heteroatoms. The lowest BCUT2D eigenvalue weighted by atomic mass is 9.74. The quantitative estimate of drug-likeness (QED) is 0.822. The standard InChI is InChI=1S/C14H19N5/c15-9-12-13(18-7-6-17-12)19-8-2-4-14(11-19)3-1-5-16-10-14/h6-7,16H,1-5,8,10-11H2. The van der Waals surface area contributed by atoms with E-state index in [1.807, 2.05) is 0 Å². The first-order valence-electron chi connectivity index (χ1n) is 7.00. The lowest BCUT2D eigenvalue weighted by molar-refractivity contribution is 0.173. The Labute approximate surface area is 113 Å². The predicted octanol–water partition coefficient (Wildman–Crippen LogP) is 1.32. The largest absolute Gasteiger partial charge is 0.354 e. The van der Waals surface area contributed by atoms with Gasteiger partial charge in [-0.1, -0.05) is 0 Å². The van der Waals surface area contributed by atoms with E-state index < -0.39 is 0 Å². The van der Waals surface area contributed by atoms with Crippen LogP contribution in [0.4, 0.5) is 5.82 Å². The van der Waals surface area contributed by atoms with Crippen LogP contribution in [-0.4, -0.2) is 36.1 Å². The van der Waals surface area contributed by atoms with E-state index in [0.717, 1.165) is 32.0 Å². The van der Waals surface area contributed by atoms with Gasteiger partial charge in [0.25, 0.3) is 0 Å². The van der Waals surface area contributed by atoms with E-state index in [0.29, 0.717) is 11.1 Å². The number of nitrogens with one attached hydrogen (secondary N) is 1. The maximum Gasteiger partial charge on any atom is 0.183 e. The summed E-state index contributed by atoms with van der Waals surface area (Å²) >= 11 is 0. The smallest absolute Gasteiger partial charge is 0.183 e. The zero-order chi connectivity index (χ0) is 13.1. The van der Waals surface area contributed by atoms with Crippen LogP contribution < -0.4 is 10.2 Å². The Hall–Kier alpha value is -1.67. The van der Waals surface area contributed by atoms with Crippen molar-refractivity contribution >= 4 is 5.82 Å². The van der Waals surface area contributed by atoms with Crippen LogP contribution in [0, 0.1) is 16.7 Å². The minimum atomic E-state index is 0.362. The van der Waals surface area contributed by atoms with Crippen molar-refractivity contribution in [3.63, 3.8) is 0 Å². The average molecular weight is 257 g/mol. The lowest BCUT2D eigenvalue weighted by Gasteiger charge is -2.45. The second kappa shape index (κ2) is 5.14. The van der Waals surface area contributed by atoms with Crippen molar-refractivity contribution in [3.05, 3.63) is 18.1 Å². The summed E-state index contributed by atoms with van der Waals surface area (Å²) in [6.07, 6.45) is 8.24. The van der Waals surface area contributed by atoms with Gasteiger partial charge in [0.05, 0.1) is 0 Å². The van der Waals surface area contributed by atoms with Crippen molar-refractivity contribution in [3.8, 4) is 6.07 Å². The van der Waals surface area contributed by atoms with Gasteiger partial charge in [-0.15, -0.1) is 0 Å². The molecule has 0 saturated carbocycles. The second-order valence-electron chi connectivity index (χ2n) is 5.65. The van der Waals surface area contributed by atoms with Crippen LogP contribution in [0.15, 0.2) is 12.4 Å². The molecule has 1 atom stereocenters. The molecule has 1 unspecified atom stereocenters. The van der Waals surface area contributed by atoms with Gasteiger partial charge < -0.3 is 10.2 Å². The summed E-state index contributed by atoms with van der Waals surface area (Å²) in [5.41, 5.74) is 0.809. The SMILES string of the molecule is N#Cc1nccnc1N1CCCC2(CCCNC2)C1. The fraction of sp³-hybridized carbons (Fsp3) is 0.643. The number of rotatable bonds is 1. The molecular formula is C14H19N5. The van der Waals surface area contributed by atoms with E-state index in [1.54, 1.807) is 12.4 Å². The Morgan fingerprint density at radius 1 is 1.26 bits per heavy atom. The highest BCUT2D eigenvalue weighted by atomic mass is 15.2. The molecule has 5 nitrogen and oxygen atoms in total. The van der Waals surface area contributed by atoms with Gasteiger partial charge in [0.2, 0.25) is 0 Å². The molecule has 0 aliphatic carbocycles. The highest BCUT2D eigenvalue weighted by molar-refractivity contribution is 5.50. The number of hydrogen-bond donors (Lipinski definition) is 1. The van der Waals surface area contributed by atoms with Crippen molar-refractivity contribution in [1.29, 1.82) is 5.26 Å². The number of hydrogen-bond acceptors (Lipinski definition) is 5. The summed E-state index contributed by atoms with van der Waals surface area (Å²) in [5.74, 6) is 0.759. The Kier molecular flexibility index (Phi) is 3.34. The Morgan fingerprint density at radius 2 is 2.11 bits per heavy atom. The van der Waals surface area contributed by atoms with Gasteiger partial charge in [0.1, 0.15) is 6.07 Å². The van der Waals surface area contributed by atoms with Crippen molar-refractivity contribution in [2.75, 3.05) is 31.1 Å². The van der Waals surface area contributed by atoms with Crippen LogP contribution in [0.2, 0.25) is 0 Å². The highest BCUT2D eigenvalue weighted by Gasteiger charge is 2.37. The molecule has 0 bridgehead atoms. The van der Waals surface area contributed by atoms with Crippen LogP contribution >= 0.6 is 0 Å².